The summed E-state index contributed by atoms with van der Waals surface area (Å²) in [7, 11) is 1.87. The zero-order valence-corrected chi connectivity index (χ0v) is 12.0. The van der Waals surface area contributed by atoms with Gasteiger partial charge in [-0.1, -0.05) is 13.0 Å². The predicted octanol–water partition coefficient (Wildman–Crippen LogP) is 2.90. The van der Waals surface area contributed by atoms with Crippen molar-refractivity contribution in [1.29, 1.82) is 0 Å². The molecule has 0 fully saturated rings. The molecule has 0 aliphatic carbocycles. The van der Waals surface area contributed by atoms with Crippen LogP contribution in [0, 0.1) is 18.6 Å². The van der Waals surface area contributed by atoms with Crippen LogP contribution in [0.1, 0.15) is 29.9 Å². The van der Waals surface area contributed by atoms with E-state index in [1.807, 2.05) is 27.0 Å². The highest BCUT2D eigenvalue weighted by Gasteiger charge is 2.18. The van der Waals surface area contributed by atoms with Gasteiger partial charge in [0.15, 0.2) is 0 Å². The molecule has 0 radical (unpaired) electrons. The molecule has 1 atom stereocenters. The Hall–Kier alpha value is -1.75. The largest absolute Gasteiger partial charge is 0.310 e. The Balaban J connectivity index is 2.29. The zero-order valence-electron chi connectivity index (χ0n) is 12.0. The van der Waals surface area contributed by atoms with E-state index in [9.17, 15) is 8.78 Å². The molecule has 0 aliphatic heterocycles. The lowest BCUT2D eigenvalue weighted by Gasteiger charge is -2.19. The van der Waals surface area contributed by atoms with E-state index < -0.39 is 11.6 Å². The molecule has 2 aromatic rings. The van der Waals surface area contributed by atoms with Crippen molar-refractivity contribution >= 4 is 0 Å². The number of nitrogens with zero attached hydrogens (tertiary/aromatic N) is 2. The van der Waals surface area contributed by atoms with Gasteiger partial charge in [-0.3, -0.25) is 4.68 Å². The summed E-state index contributed by atoms with van der Waals surface area (Å²) in [4.78, 5) is 0. The SMILES string of the molecule is CCNC(Cc1cc(C)nn1C)c1ccc(F)cc1F. The summed E-state index contributed by atoms with van der Waals surface area (Å²) < 4.78 is 28.7. The minimum atomic E-state index is -0.558. The van der Waals surface area contributed by atoms with Crippen molar-refractivity contribution in [2.24, 2.45) is 7.05 Å². The Kier molecular flexibility index (Phi) is 4.49. The van der Waals surface area contributed by atoms with Crippen LogP contribution in [0.3, 0.4) is 0 Å². The van der Waals surface area contributed by atoms with Gasteiger partial charge < -0.3 is 5.32 Å². The van der Waals surface area contributed by atoms with Crippen LogP contribution in [0.4, 0.5) is 8.78 Å². The smallest absolute Gasteiger partial charge is 0.130 e. The average molecular weight is 279 g/mol. The molecule has 1 aromatic carbocycles. The lowest BCUT2D eigenvalue weighted by Crippen LogP contribution is -2.25. The van der Waals surface area contributed by atoms with Gasteiger partial charge >= 0.3 is 0 Å². The van der Waals surface area contributed by atoms with Crippen LogP contribution in [-0.4, -0.2) is 16.3 Å². The first kappa shape index (κ1) is 14.7. The fraction of sp³-hybridized carbons (Fsp3) is 0.400. The molecule has 5 heteroatoms. The summed E-state index contributed by atoms with van der Waals surface area (Å²) in [5.74, 6) is -1.08. The summed E-state index contributed by atoms with van der Waals surface area (Å²) in [5, 5.41) is 7.53. The van der Waals surface area contributed by atoms with Crippen LogP contribution in [0.5, 0.6) is 0 Å². The molecule has 20 heavy (non-hydrogen) atoms. The van der Waals surface area contributed by atoms with Crippen LogP contribution in [-0.2, 0) is 13.5 Å². The Bertz CT molecular complexity index is 593. The molecule has 0 bridgehead atoms. The Morgan fingerprint density at radius 1 is 1.30 bits per heavy atom. The summed E-state index contributed by atoms with van der Waals surface area (Å²) >= 11 is 0. The summed E-state index contributed by atoms with van der Waals surface area (Å²) in [6, 6.07) is 5.49. The highest BCUT2D eigenvalue weighted by molar-refractivity contribution is 5.24. The van der Waals surface area contributed by atoms with Gasteiger partial charge in [-0.15, -0.1) is 0 Å². The van der Waals surface area contributed by atoms with Crippen LogP contribution >= 0.6 is 0 Å². The van der Waals surface area contributed by atoms with E-state index in [0.717, 1.165) is 17.5 Å². The molecule has 1 unspecified atom stereocenters. The minimum absolute atomic E-state index is 0.199. The maximum absolute atomic E-state index is 13.9. The maximum atomic E-state index is 13.9. The lowest BCUT2D eigenvalue weighted by molar-refractivity contribution is 0.491. The molecule has 2 rings (SSSR count). The van der Waals surface area contributed by atoms with E-state index in [2.05, 4.69) is 10.4 Å². The van der Waals surface area contributed by atoms with Crippen molar-refractivity contribution < 1.29 is 8.78 Å². The van der Waals surface area contributed by atoms with Crippen molar-refractivity contribution in [2.75, 3.05) is 6.54 Å². The van der Waals surface area contributed by atoms with E-state index >= 15 is 0 Å². The number of benzene rings is 1. The van der Waals surface area contributed by atoms with Crippen LogP contribution < -0.4 is 5.32 Å². The molecule has 108 valence electrons. The Labute approximate surface area is 117 Å². The summed E-state index contributed by atoms with van der Waals surface area (Å²) in [5.41, 5.74) is 2.42. The van der Waals surface area contributed by atoms with E-state index in [1.54, 1.807) is 4.68 Å². The number of hydrogen-bond acceptors (Lipinski definition) is 2. The fourth-order valence-electron chi connectivity index (χ4n) is 2.39. The van der Waals surface area contributed by atoms with E-state index in [-0.39, 0.29) is 6.04 Å². The first-order chi connectivity index (χ1) is 9.51. The van der Waals surface area contributed by atoms with Gasteiger partial charge in [-0.25, -0.2) is 8.78 Å². The van der Waals surface area contributed by atoms with E-state index in [1.165, 1.54) is 12.1 Å². The Morgan fingerprint density at radius 3 is 2.60 bits per heavy atom. The van der Waals surface area contributed by atoms with Crippen molar-refractivity contribution in [2.45, 2.75) is 26.3 Å². The molecular weight excluding hydrogens is 260 g/mol. The van der Waals surface area contributed by atoms with Gasteiger partial charge in [-0.2, -0.15) is 5.10 Å². The monoisotopic (exact) mass is 279 g/mol. The van der Waals surface area contributed by atoms with Gasteiger partial charge in [-0.05, 0) is 25.6 Å². The second-order valence-corrected chi connectivity index (χ2v) is 4.88. The zero-order chi connectivity index (χ0) is 14.7. The minimum Gasteiger partial charge on any atom is -0.310 e. The number of hydrogen-bond donors (Lipinski definition) is 1. The highest BCUT2D eigenvalue weighted by Crippen LogP contribution is 2.22. The molecule has 0 saturated carbocycles. The predicted molar refractivity (Wildman–Crippen MR) is 74.4 cm³/mol. The van der Waals surface area contributed by atoms with Crippen molar-refractivity contribution in [3.8, 4) is 0 Å². The number of halogens is 2. The molecule has 1 heterocycles. The molecular formula is C15H19F2N3. The lowest BCUT2D eigenvalue weighted by atomic mass is 10.0. The van der Waals surface area contributed by atoms with Gasteiger partial charge in [0, 0.05) is 36.8 Å². The van der Waals surface area contributed by atoms with Crippen molar-refractivity contribution in [3.63, 3.8) is 0 Å². The third-order valence-electron chi connectivity index (χ3n) is 3.30. The number of rotatable bonds is 5. The van der Waals surface area contributed by atoms with Gasteiger partial charge in [0.25, 0.3) is 0 Å². The first-order valence-corrected chi connectivity index (χ1v) is 6.69. The van der Waals surface area contributed by atoms with Crippen molar-refractivity contribution in [1.82, 2.24) is 15.1 Å². The molecule has 0 spiro atoms. The molecule has 1 aromatic heterocycles. The van der Waals surface area contributed by atoms with Crippen LogP contribution in [0.15, 0.2) is 24.3 Å². The van der Waals surface area contributed by atoms with E-state index in [4.69, 9.17) is 0 Å². The van der Waals surface area contributed by atoms with Crippen LogP contribution in [0.2, 0.25) is 0 Å². The third kappa shape index (κ3) is 3.22. The first-order valence-electron chi connectivity index (χ1n) is 6.69. The molecule has 0 amide bonds. The molecule has 1 N–H and O–H groups in total. The standard InChI is InChI=1S/C15H19F2N3/c1-4-18-15(9-12-7-10(2)19-20(12)3)13-6-5-11(16)8-14(13)17/h5-8,15,18H,4,9H2,1-3H3. The second-order valence-electron chi connectivity index (χ2n) is 4.88. The molecule has 3 nitrogen and oxygen atoms in total. The van der Waals surface area contributed by atoms with E-state index in [0.29, 0.717) is 18.5 Å². The highest BCUT2D eigenvalue weighted by atomic mass is 19.1. The topological polar surface area (TPSA) is 29.9 Å². The quantitative estimate of drug-likeness (QED) is 0.912. The Morgan fingerprint density at radius 2 is 2.05 bits per heavy atom. The molecule has 0 saturated heterocycles. The van der Waals surface area contributed by atoms with Crippen molar-refractivity contribution in [3.05, 3.63) is 52.9 Å². The number of aryl methyl sites for hydroxylation is 2. The summed E-state index contributed by atoms with van der Waals surface area (Å²) in [6.45, 7) is 4.59. The van der Waals surface area contributed by atoms with Crippen LogP contribution in [0.25, 0.3) is 0 Å². The third-order valence-corrected chi connectivity index (χ3v) is 3.30. The summed E-state index contributed by atoms with van der Waals surface area (Å²) in [6.07, 6.45) is 0.605. The second kappa shape index (κ2) is 6.13. The number of aromatic nitrogens is 2. The maximum Gasteiger partial charge on any atom is 0.130 e. The average Bonchev–Trinajstić information content (AvgIpc) is 2.67. The normalized spacial score (nSPS) is 12.7. The van der Waals surface area contributed by atoms with Gasteiger partial charge in [0.2, 0.25) is 0 Å². The molecule has 0 aliphatic rings. The van der Waals surface area contributed by atoms with Gasteiger partial charge in [0.05, 0.1) is 5.69 Å². The number of likely N-dealkylation sites (N-methyl/N-ethyl adjacent to an activating group) is 1. The number of nitrogens with one attached hydrogen (secondary N) is 1. The fourth-order valence-corrected chi connectivity index (χ4v) is 2.39. The van der Waals surface area contributed by atoms with Gasteiger partial charge in [0.1, 0.15) is 11.6 Å².